The number of hydrogen-bond donors (Lipinski definition) is 2. The van der Waals surface area contributed by atoms with Crippen molar-refractivity contribution in [2.24, 2.45) is 4.99 Å². The Labute approximate surface area is 161 Å². The summed E-state index contributed by atoms with van der Waals surface area (Å²) in [5, 5.41) is 6.96. The summed E-state index contributed by atoms with van der Waals surface area (Å²) >= 11 is 1.94. The van der Waals surface area contributed by atoms with E-state index in [0.29, 0.717) is 0 Å². The Balaban J connectivity index is 0.00000264. The van der Waals surface area contributed by atoms with E-state index in [4.69, 9.17) is 4.74 Å². The van der Waals surface area contributed by atoms with Crippen molar-refractivity contribution in [2.45, 2.75) is 30.6 Å². The first-order valence-electron chi connectivity index (χ1n) is 7.84. The first kappa shape index (κ1) is 20.6. The maximum atomic E-state index is 5.50. The molecule has 6 heteroatoms. The van der Waals surface area contributed by atoms with Gasteiger partial charge in [0.15, 0.2) is 5.96 Å². The SMILES string of the molecule is CN=C(NCC1(SC)CCOCC1)NC(C)c1ccccc1.I. The monoisotopic (exact) mass is 449 g/mol. The molecule has 1 atom stereocenters. The van der Waals surface area contributed by atoms with Crippen molar-refractivity contribution in [3.8, 4) is 0 Å². The molecule has 1 heterocycles. The molecule has 0 bridgehead atoms. The van der Waals surface area contributed by atoms with Gasteiger partial charge in [0.2, 0.25) is 0 Å². The van der Waals surface area contributed by atoms with Gasteiger partial charge >= 0.3 is 0 Å². The zero-order valence-electron chi connectivity index (χ0n) is 14.2. The molecule has 23 heavy (non-hydrogen) atoms. The highest BCUT2D eigenvalue weighted by molar-refractivity contribution is 14.0. The molecule has 1 saturated heterocycles. The molecular weight excluding hydrogens is 421 g/mol. The van der Waals surface area contributed by atoms with Crippen LogP contribution in [-0.4, -0.2) is 43.8 Å². The van der Waals surface area contributed by atoms with E-state index in [2.05, 4.69) is 53.1 Å². The lowest BCUT2D eigenvalue weighted by atomic mass is 9.99. The van der Waals surface area contributed by atoms with E-state index < -0.39 is 0 Å². The first-order chi connectivity index (χ1) is 10.7. The molecule has 1 aliphatic heterocycles. The normalized spacial score (nSPS) is 18.7. The summed E-state index contributed by atoms with van der Waals surface area (Å²) in [7, 11) is 1.82. The minimum Gasteiger partial charge on any atom is -0.381 e. The topological polar surface area (TPSA) is 45.7 Å². The number of nitrogens with one attached hydrogen (secondary N) is 2. The van der Waals surface area contributed by atoms with Crippen LogP contribution >= 0.6 is 35.7 Å². The van der Waals surface area contributed by atoms with Crippen LogP contribution < -0.4 is 10.6 Å². The summed E-state index contributed by atoms with van der Waals surface area (Å²) in [6.07, 6.45) is 4.37. The lowest BCUT2D eigenvalue weighted by Crippen LogP contribution is -2.48. The van der Waals surface area contributed by atoms with Gasteiger partial charge in [0, 0.05) is 31.6 Å². The molecule has 0 spiro atoms. The Hall–Kier alpha value is -0.470. The third kappa shape index (κ3) is 6.15. The molecule has 1 aromatic rings. The van der Waals surface area contributed by atoms with Crippen LogP contribution in [0.25, 0.3) is 0 Å². The number of ether oxygens (including phenoxy) is 1. The number of thioether (sulfide) groups is 1. The van der Waals surface area contributed by atoms with Crippen molar-refractivity contribution >= 4 is 41.7 Å². The fraction of sp³-hybridized carbons (Fsp3) is 0.588. The molecular formula is C17H28IN3OS. The van der Waals surface area contributed by atoms with Gasteiger partial charge in [0.05, 0.1) is 6.04 Å². The number of guanidine groups is 1. The van der Waals surface area contributed by atoms with Crippen molar-refractivity contribution in [1.29, 1.82) is 0 Å². The third-order valence-electron chi connectivity index (χ3n) is 4.29. The smallest absolute Gasteiger partial charge is 0.191 e. The van der Waals surface area contributed by atoms with E-state index >= 15 is 0 Å². The van der Waals surface area contributed by atoms with Crippen LogP contribution in [0, 0.1) is 0 Å². The number of halogens is 1. The molecule has 2 N–H and O–H groups in total. The molecule has 0 aromatic heterocycles. The number of aliphatic imine (C=N–C) groups is 1. The van der Waals surface area contributed by atoms with E-state index in [0.717, 1.165) is 38.6 Å². The average molecular weight is 449 g/mol. The second kappa shape index (κ2) is 10.4. The zero-order chi connectivity index (χ0) is 15.8. The molecule has 1 aliphatic rings. The average Bonchev–Trinajstić information content (AvgIpc) is 2.60. The number of nitrogens with zero attached hydrogens (tertiary/aromatic N) is 1. The van der Waals surface area contributed by atoms with E-state index in [-0.39, 0.29) is 34.8 Å². The highest BCUT2D eigenvalue weighted by atomic mass is 127. The summed E-state index contributed by atoms with van der Waals surface area (Å²) < 4.78 is 5.75. The van der Waals surface area contributed by atoms with Crippen molar-refractivity contribution < 1.29 is 4.74 Å². The molecule has 0 aliphatic carbocycles. The lowest BCUT2D eigenvalue weighted by molar-refractivity contribution is 0.0782. The van der Waals surface area contributed by atoms with Crippen LogP contribution in [0.3, 0.4) is 0 Å². The van der Waals surface area contributed by atoms with Gasteiger partial charge in [-0.2, -0.15) is 11.8 Å². The largest absolute Gasteiger partial charge is 0.381 e. The van der Waals surface area contributed by atoms with Gasteiger partial charge in [0.1, 0.15) is 0 Å². The molecule has 2 rings (SSSR count). The lowest BCUT2D eigenvalue weighted by Gasteiger charge is -2.36. The highest BCUT2D eigenvalue weighted by Gasteiger charge is 2.31. The van der Waals surface area contributed by atoms with Crippen LogP contribution in [-0.2, 0) is 4.74 Å². The Morgan fingerprint density at radius 1 is 1.30 bits per heavy atom. The number of rotatable bonds is 5. The maximum absolute atomic E-state index is 5.50. The van der Waals surface area contributed by atoms with Gasteiger partial charge in [-0.25, -0.2) is 0 Å². The Bertz CT molecular complexity index is 478. The fourth-order valence-corrected chi connectivity index (χ4v) is 3.46. The molecule has 1 fully saturated rings. The van der Waals surface area contributed by atoms with E-state index in [1.165, 1.54) is 5.56 Å². The van der Waals surface area contributed by atoms with Crippen molar-refractivity contribution in [3.05, 3.63) is 35.9 Å². The minimum atomic E-state index is 0. The zero-order valence-corrected chi connectivity index (χ0v) is 17.3. The van der Waals surface area contributed by atoms with Gasteiger partial charge in [-0.05, 0) is 31.6 Å². The van der Waals surface area contributed by atoms with Crippen LogP contribution in [0.1, 0.15) is 31.4 Å². The summed E-state index contributed by atoms with van der Waals surface area (Å²) in [6.45, 7) is 4.78. The van der Waals surface area contributed by atoms with Gasteiger partial charge in [-0.15, -0.1) is 24.0 Å². The van der Waals surface area contributed by atoms with Gasteiger partial charge < -0.3 is 15.4 Å². The molecule has 0 radical (unpaired) electrons. The number of benzene rings is 1. The Morgan fingerprint density at radius 3 is 2.52 bits per heavy atom. The van der Waals surface area contributed by atoms with Crippen LogP contribution in [0.5, 0.6) is 0 Å². The summed E-state index contributed by atoms with van der Waals surface area (Å²) in [4.78, 5) is 4.36. The summed E-state index contributed by atoms with van der Waals surface area (Å²) in [5.74, 6) is 0.858. The first-order valence-corrected chi connectivity index (χ1v) is 9.06. The van der Waals surface area contributed by atoms with Crippen molar-refractivity contribution in [2.75, 3.05) is 33.1 Å². The van der Waals surface area contributed by atoms with E-state index in [9.17, 15) is 0 Å². The maximum Gasteiger partial charge on any atom is 0.191 e. The molecule has 0 saturated carbocycles. The number of hydrogen-bond acceptors (Lipinski definition) is 3. The third-order valence-corrected chi connectivity index (χ3v) is 5.71. The molecule has 4 nitrogen and oxygen atoms in total. The van der Waals surface area contributed by atoms with Gasteiger partial charge in [-0.1, -0.05) is 30.3 Å². The van der Waals surface area contributed by atoms with Gasteiger partial charge in [-0.3, -0.25) is 4.99 Å². The fourth-order valence-electron chi connectivity index (χ4n) is 2.67. The van der Waals surface area contributed by atoms with E-state index in [1.807, 2.05) is 24.9 Å². The van der Waals surface area contributed by atoms with Crippen LogP contribution in [0.15, 0.2) is 35.3 Å². The Kier molecular flexibility index (Phi) is 9.31. The van der Waals surface area contributed by atoms with Crippen molar-refractivity contribution in [1.82, 2.24) is 10.6 Å². The predicted molar refractivity (Wildman–Crippen MR) is 111 cm³/mol. The molecule has 0 amide bonds. The quantitative estimate of drug-likeness (QED) is 0.411. The van der Waals surface area contributed by atoms with Crippen LogP contribution in [0.2, 0.25) is 0 Å². The summed E-state index contributed by atoms with van der Waals surface area (Å²) in [5.41, 5.74) is 1.26. The highest BCUT2D eigenvalue weighted by Crippen LogP contribution is 2.32. The molecule has 130 valence electrons. The van der Waals surface area contributed by atoms with Gasteiger partial charge in [0.25, 0.3) is 0 Å². The summed E-state index contributed by atoms with van der Waals surface area (Å²) in [6, 6.07) is 10.7. The van der Waals surface area contributed by atoms with E-state index in [1.54, 1.807) is 0 Å². The van der Waals surface area contributed by atoms with Crippen LogP contribution in [0.4, 0.5) is 0 Å². The second-order valence-corrected chi connectivity index (χ2v) is 6.98. The Morgan fingerprint density at radius 2 is 1.96 bits per heavy atom. The van der Waals surface area contributed by atoms with Crippen molar-refractivity contribution in [3.63, 3.8) is 0 Å². The molecule has 1 aromatic carbocycles. The minimum absolute atomic E-state index is 0. The standard InChI is InChI=1S/C17H27N3OS.HI/c1-14(15-7-5-4-6-8-15)20-16(18-2)19-13-17(22-3)9-11-21-12-10-17;/h4-8,14H,9-13H2,1-3H3,(H2,18,19,20);1H. The second-order valence-electron chi connectivity index (χ2n) is 5.70. The molecule has 1 unspecified atom stereocenters. The predicted octanol–water partition coefficient (Wildman–Crippen LogP) is 3.44.